The molecule has 5 nitrogen and oxygen atoms in total. The van der Waals surface area contributed by atoms with Gasteiger partial charge in [0.15, 0.2) is 0 Å². The second-order valence-corrected chi connectivity index (χ2v) is 5.34. The maximum atomic E-state index is 10.8. The van der Waals surface area contributed by atoms with Gasteiger partial charge in [-0.15, -0.1) is 0 Å². The standard InChI is InChI=1S/C14H19N3O2/c18-14(19)13-5-4-11(9-15-13)17-8-7-16-6-2-1-3-12(16)10-17/h4-5,9,12H,1-3,6-8,10H2,(H,18,19). The third kappa shape index (κ3) is 2.56. The van der Waals surface area contributed by atoms with Gasteiger partial charge in [-0.25, -0.2) is 9.78 Å². The minimum absolute atomic E-state index is 0.111. The van der Waals surface area contributed by atoms with Gasteiger partial charge < -0.3 is 10.0 Å². The summed E-state index contributed by atoms with van der Waals surface area (Å²) in [6, 6.07) is 4.11. The van der Waals surface area contributed by atoms with Crippen LogP contribution in [0.25, 0.3) is 0 Å². The molecule has 0 spiro atoms. The summed E-state index contributed by atoms with van der Waals surface area (Å²) < 4.78 is 0. The number of nitrogens with zero attached hydrogens (tertiary/aromatic N) is 3. The smallest absolute Gasteiger partial charge is 0.354 e. The van der Waals surface area contributed by atoms with Crippen LogP contribution >= 0.6 is 0 Å². The van der Waals surface area contributed by atoms with E-state index in [-0.39, 0.29) is 5.69 Å². The molecule has 2 fully saturated rings. The van der Waals surface area contributed by atoms with Gasteiger partial charge in [-0.3, -0.25) is 4.90 Å². The van der Waals surface area contributed by atoms with E-state index >= 15 is 0 Å². The summed E-state index contributed by atoms with van der Waals surface area (Å²) in [4.78, 5) is 19.7. The highest BCUT2D eigenvalue weighted by molar-refractivity contribution is 5.85. The van der Waals surface area contributed by atoms with Crippen molar-refractivity contribution in [2.75, 3.05) is 31.1 Å². The first-order valence-corrected chi connectivity index (χ1v) is 6.92. The summed E-state index contributed by atoms with van der Waals surface area (Å²) >= 11 is 0. The molecular formula is C14H19N3O2. The Morgan fingerprint density at radius 2 is 2.16 bits per heavy atom. The highest BCUT2D eigenvalue weighted by atomic mass is 16.4. The highest BCUT2D eigenvalue weighted by Gasteiger charge is 2.28. The quantitative estimate of drug-likeness (QED) is 0.873. The number of anilines is 1. The molecule has 0 bridgehead atoms. The summed E-state index contributed by atoms with van der Waals surface area (Å²) in [5, 5.41) is 8.86. The maximum Gasteiger partial charge on any atom is 0.354 e. The van der Waals surface area contributed by atoms with Gasteiger partial charge in [0.1, 0.15) is 5.69 Å². The first kappa shape index (κ1) is 12.4. The fraction of sp³-hybridized carbons (Fsp3) is 0.571. The number of pyridine rings is 1. The first-order chi connectivity index (χ1) is 9.24. The molecule has 3 heterocycles. The van der Waals surface area contributed by atoms with Crippen LogP contribution < -0.4 is 4.90 Å². The number of hydrogen-bond acceptors (Lipinski definition) is 4. The van der Waals surface area contributed by atoms with E-state index in [1.54, 1.807) is 12.3 Å². The van der Waals surface area contributed by atoms with Crippen molar-refractivity contribution in [3.05, 3.63) is 24.0 Å². The molecule has 1 aromatic rings. The lowest BCUT2D eigenvalue weighted by atomic mass is 9.99. The molecular weight excluding hydrogens is 242 g/mol. The number of aromatic nitrogens is 1. The van der Waals surface area contributed by atoms with Crippen LogP contribution in [0.4, 0.5) is 5.69 Å². The van der Waals surface area contributed by atoms with E-state index in [0.29, 0.717) is 6.04 Å². The maximum absolute atomic E-state index is 10.8. The largest absolute Gasteiger partial charge is 0.477 e. The molecule has 1 unspecified atom stereocenters. The Morgan fingerprint density at radius 1 is 1.26 bits per heavy atom. The molecule has 1 atom stereocenters. The number of carboxylic acids is 1. The molecule has 0 saturated carbocycles. The molecule has 5 heteroatoms. The molecule has 19 heavy (non-hydrogen) atoms. The summed E-state index contributed by atoms with van der Waals surface area (Å²) in [5.41, 5.74) is 1.15. The number of hydrogen-bond donors (Lipinski definition) is 1. The topological polar surface area (TPSA) is 56.7 Å². The van der Waals surface area contributed by atoms with Crippen LogP contribution in [0.3, 0.4) is 0 Å². The van der Waals surface area contributed by atoms with Crippen LogP contribution in [-0.2, 0) is 0 Å². The van der Waals surface area contributed by atoms with Gasteiger partial charge in [0.25, 0.3) is 0 Å². The van der Waals surface area contributed by atoms with E-state index in [0.717, 1.165) is 25.3 Å². The number of aromatic carboxylic acids is 1. The van der Waals surface area contributed by atoms with Gasteiger partial charge in [0, 0.05) is 25.7 Å². The molecule has 2 saturated heterocycles. The van der Waals surface area contributed by atoms with Crippen molar-refractivity contribution in [3.8, 4) is 0 Å². The molecule has 0 radical (unpaired) electrons. The first-order valence-electron chi connectivity index (χ1n) is 6.92. The zero-order chi connectivity index (χ0) is 13.2. The Kier molecular flexibility index (Phi) is 3.38. The molecule has 1 N–H and O–H groups in total. The molecule has 0 aliphatic carbocycles. The second kappa shape index (κ2) is 5.17. The number of carboxylic acid groups (broad SMARTS) is 1. The van der Waals surface area contributed by atoms with Crippen molar-refractivity contribution in [1.29, 1.82) is 0 Å². The lowest BCUT2D eigenvalue weighted by Gasteiger charge is -2.44. The number of carbonyl (C=O) groups is 1. The molecule has 102 valence electrons. The molecule has 1 aromatic heterocycles. The number of piperidine rings is 1. The Bertz CT molecular complexity index is 460. The van der Waals surface area contributed by atoms with E-state index in [9.17, 15) is 4.79 Å². The van der Waals surface area contributed by atoms with E-state index < -0.39 is 5.97 Å². The van der Waals surface area contributed by atoms with Crippen molar-refractivity contribution in [1.82, 2.24) is 9.88 Å². The molecule has 0 aromatic carbocycles. The van der Waals surface area contributed by atoms with Crippen LogP contribution in [0.5, 0.6) is 0 Å². The Morgan fingerprint density at radius 3 is 2.89 bits per heavy atom. The van der Waals surface area contributed by atoms with Gasteiger partial charge in [-0.1, -0.05) is 6.42 Å². The van der Waals surface area contributed by atoms with E-state index in [2.05, 4.69) is 14.8 Å². The Labute approximate surface area is 112 Å². The van der Waals surface area contributed by atoms with Crippen LogP contribution in [0.1, 0.15) is 29.8 Å². The molecule has 2 aliphatic heterocycles. The van der Waals surface area contributed by atoms with Crippen molar-refractivity contribution >= 4 is 11.7 Å². The lowest BCUT2D eigenvalue weighted by Crippen LogP contribution is -2.54. The zero-order valence-corrected chi connectivity index (χ0v) is 11.0. The molecule has 2 aliphatic rings. The molecule has 3 rings (SSSR count). The van der Waals surface area contributed by atoms with Gasteiger partial charge in [-0.2, -0.15) is 0 Å². The number of fused-ring (bicyclic) bond motifs is 1. The van der Waals surface area contributed by atoms with Gasteiger partial charge >= 0.3 is 5.97 Å². The van der Waals surface area contributed by atoms with Crippen molar-refractivity contribution in [2.24, 2.45) is 0 Å². The Balaban J connectivity index is 1.70. The zero-order valence-electron chi connectivity index (χ0n) is 11.0. The van der Waals surface area contributed by atoms with Crippen molar-refractivity contribution in [2.45, 2.75) is 25.3 Å². The minimum atomic E-state index is -0.969. The summed E-state index contributed by atoms with van der Waals surface area (Å²) in [5.74, 6) is -0.969. The van der Waals surface area contributed by atoms with Gasteiger partial charge in [-0.05, 0) is 31.5 Å². The van der Waals surface area contributed by atoms with E-state index in [4.69, 9.17) is 5.11 Å². The predicted molar refractivity (Wildman–Crippen MR) is 72.6 cm³/mol. The van der Waals surface area contributed by atoms with Crippen LogP contribution in [-0.4, -0.2) is 53.2 Å². The Hall–Kier alpha value is -1.62. The minimum Gasteiger partial charge on any atom is -0.477 e. The van der Waals surface area contributed by atoms with Crippen LogP contribution in [0.2, 0.25) is 0 Å². The fourth-order valence-electron chi connectivity index (χ4n) is 3.09. The molecule has 0 amide bonds. The lowest BCUT2D eigenvalue weighted by molar-refractivity contribution is 0.0690. The third-order valence-electron chi connectivity index (χ3n) is 4.17. The normalized spacial score (nSPS) is 24.0. The predicted octanol–water partition coefficient (Wildman–Crippen LogP) is 1.45. The number of piperazine rings is 1. The highest BCUT2D eigenvalue weighted by Crippen LogP contribution is 2.24. The van der Waals surface area contributed by atoms with E-state index in [1.807, 2.05) is 6.07 Å². The van der Waals surface area contributed by atoms with E-state index in [1.165, 1.54) is 25.8 Å². The average molecular weight is 261 g/mol. The fourth-order valence-corrected chi connectivity index (χ4v) is 3.09. The summed E-state index contributed by atoms with van der Waals surface area (Å²) in [7, 11) is 0. The summed E-state index contributed by atoms with van der Waals surface area (Å²) in [6.45, 7) is 4.37. The van der Waals surface area contributed by atoms with Crippen molar-refractivity contribution < 1.29 is 9.90 Å². The average Bonchev–Trinajstić information content (AvgIpc) is 2.47. The monoisotopic (exact) mass is 261 g/mol. The second-order valence-electron chi connectivity index (χ2n) is 5.34. The van der Waals surface area contributed by atoms with Crippen molar-refractivity contribution in [3.63, 3.8) is 0 Å². The van der Waals surface area contributed by atoms with Gasteiger partial charge in [0.2, 0.25) is 0 Å². The summed E-state index contributed by atoms with van der Waals surface area (Å²) in [6.07, 6.45) is 5.61. The number of rotatable bonds is 2. The van der Waals surface area contributed by atoms with Gasteiger partial charge in [0.05, 0.1) is 11.9 Å². The van der Waals surface area contributed by atoms with Crippen LogP contribution in [0.15, 0.2) is 18.3 Å². The third-order valence-corrected chi connectivity index (χ3v) is 4.17. The van der Waals surface area contributed by atoms with Crippen LogP contribution in [0, 0.1) is 0 Å². The SMILES string of the molecule is O=C(O)c1ccc(N2CCN3CCCCC3C2)cn1.